The normalized spacial score (nSPS) is 13.6. The first-order chi connectivity index (χ1) is 13.7. The zero-order chi connectivity index (χ0) is 19.1. The highest BCUT2D eigenvalue weighted by Gasteiger charge is 2.25. The van der Waals surface area contributed by atoms with E-state index < -0.39 is 0 Å². The molecule has 0 unspecified atom stereocenters. The summed E-state index contributed by atoms with van der Waals surface area (Å²) in [6.07, 6.45) is 5.77. The quantitative estimate of drug-likeness (QED) is 0.531. The lowest BCUT2D eigenvalue weighted by atomic mass is 10.1. The first kappa shape index (κ1) is 17.0. The maximum Gasteiger partial charge on any atom is 0.354 e. The molecule has 4 aromatic rings. The van der Waals surface area contributed by atoms with Gasteiger partial charge in [0, 0.05) is 23.5 Å². The molecule has 1 saturated carbocycles. The van der Waals surface area contributed by atoms with Crippen LogP contribution in [-0.2, 0) is 0 Å². The van der Waals surface area contributed by atoms with Crippen molar-refractivity contribution in [2.24, 2.45) is 0 Å². The number of hydrogen-bond donors (Lipinski definition) is 1. The van der Waals surface area contributed by atoms with Gasteiger partial charge in [0.2, 0.25) is 0 Å². The zero-order valence-electron chi connectivity index (χ0n) is 15.0. The summed E-state index contributed by atoms with van der Waals surface area (Å²) in [6.45, 7) is 0. The third kappa shape index (κ3) is 3.04. The van der Waals surface area contributed by atoms with Crippen molar-refractivity contribution in [2.75, 3.05) is 5.32 Å². The fourth-order valence-electron chi connectivity index (χ4n) is 3.45. The van der Waals surface area contributed by atoms with Gasteiger partial charge in [-0.2, -0.15) is 4.98 Å². The molecule has 1 aliphatic carbocycles. The standard InChI is InChI=1S/C22H17ClN4O/c23-18-3-1-2-4-19(18)27-20-13-15(14-5-6-14)7-8-17(20)21(26-22(27)28)25-16-9-11-24-12-10-16/h1-4,7-14H,5-6H2,(H,24,25,26,28). The van der Waals surface area contributed by atoms with Crippen molar-refractivity contribution in [1.82, 2.24) is 14.5 Å². The second kappa shape index (κ2) is 6.77. The molecule has 138 valence electrons. The molecule has 0 atom stereocenters. The second-order valence-electron chi connectivity index (χ2n) is 6.94. The summed E-state index contributed by atoms with van der Waals surface area (Å²) in [6, 6.07) is 17.3. The number of aromatic nitrogens is 3. The third-order valence-electron chi connectivity index (χ3n) is 5.00. The Hall–Kier alpha value is -3.18. The van der Waals surface area contributed by atoms with Gasteiger partial charge >= 0.3 is 5.69 Å². The van der Waals surface area contributed by atoms with Crippen molar-refractivity contribution >= 4 is 34.0 Å². The third-order valence-corrected chi connectivity index (χ3v) is 5.32. The smallest absolute Gasteiger partial charge is 0.339 e. The van der Waals surface area contributed by atoms with Crippen LogP contribution >= 0.6 is 11.6 Å². The summed E-state index contributed by atoms with van der Waals surface area (Å²) in [5.41, 5.74) is 3.13. The Morgan fingerprint density at radius 3 is 2.57 bits per heavy atom. The molecule has 1 fully saturated rings. The van der Waals surface area contributed by atoms with E-state index in [0.717, 1.165) is 16.6 Å². The molecule has 0 aliphatic heterocycles. The van der Waals surface area contributed by atoms with E-state index in [2.05, 4.69) is 27.4 Å². The van der Waals surface area contributed by atoms with Crippen LogP contribution in [0.3, 0.4) is 0 Å². The Labute approximate surface area is 166 Å². The predicted octanol–water partition coefficient (Wildman–Crippen LogP) is 5.06. The number of benzene rings is 2. The van der Waals surface area contributed by atoms with Gasteiger partial charge in [-0.05, 0) is 60.7 Å². The molecule has 0 radical (unpaired) electrons. The number of nitrogens with zero attached hydrogens (tertiary/aromatic N) is 3. The van der Waals surface area contributed by atoms with E-state index in [1.807, 2.05) is 36.4 Å². The molecule has 1 N–H and O–H groups in total. The van der Waals surface area contributed by atoms with Crippen LogP contribution in [0.1, 0.15) is 24.3 Å². The van der Waals surface area contributed by atoms with Gasteiger partial charge in [-0.25, -0.2) is 4.79 Å². The van der Waals surface area contributed by atoms with Crippen LogP contribution in [0.4, 0.5) is 11.5 Å². The summed E-state index contributed by atoms with van der Waals surface area (Å²) in [5, 5.41) is 4.62. The topological polar surface area (TPSA) is 59.8 Å². The van der Waals surface area contributed by atoms with Crippen LogP contribution < -0.4 is 11.0 Å². The Kier molecular flexibility index (Phi) is 4.10. The average molecular weight is 389 g/mol. The second-order valence-corrected chi connectivity index (χ2v) is 7.35. The molecular formula is C22H17ClN4O. The fraction of sp³-hybridized carbons (Fsp3) is 0.136. The molecule has 2 heterocycles. The van der Waals surface area contributed by atoms with E-state index in [1.54, 1.807) is 23.0 Å². The summed E-state index contributed by atoms with van der Waals surface area (Å²) < 4.78 is 1.60. The van der Waals surface area contributed by atoms with E-state index in [-0.39, 0.29) is 5.69 Å². The van der Waals surface area contributed by atoms with Gasteiger partial charge in [-0.1, -0.05) is 29.8 Å². The van der Waals surface area contributed by atoms with E-state index >= 15 is 0 Å². The number of halogens is 1. The van der Waals surface area contributed by atoms with Crippen molar-refractivity contribution in [3.63, 3.8) is 0 Å². The molecule has 5 rings (SSSR count). The maximum absolute atomic E-state index is 13.0. The van der Waals surface area contributed by atoms with Crippen LogP contribution in [0, 0.1) is 0 Å². The summed E-state index contributed by atoms with van der Waals surface area (Å²) in [7, 11) is 0. The Morgan fingerprint density at radius 2 is 1.82 bits per heavy atom. The molecular weight excluding hydrogens is 372 g/mol. The largest absolute Gasteiger partial charge is 0.354 e. The van der Waals surface area contributed by atoms with Crippen molar-refractivity contribution < 1.29 is 0 Å². The van der Waals surface area contributed by atoms with E-state index in [1.165, 1.54) is 18.4 Å². The van der Waals surface area contributed by atoms with E-state index in [0.29, 0.717) is 22.4 Å². The lowest BCUT2D eigenvalue weighted by molar-refractivity contribution is 0.959. The Morgan fingerprint density at radius 1 is 1.04 bits per heavy atom. The van der Waals surface area contributed by atoms with Crippen LogP contribution in [0.5, 0.6) is 0 Å². The SMILES string of the molecule is O=c1nc(Nc2ccncc2)c2ccc(C3CC3)cc2n1-c1ccccc1Cl. The number of anilines is 2. The number of fused-ring (bicyclic) bond motifs is 1. The van der Waals surface area contributed by atoms with E-state index in [4.69, 9.17) is 11.6 Å². The van der Waals surface area contributed by atoms with Crippen LogP contribution in [-0.4, -0.2) is 14.5 Å². The lowest BCUT2D eigenvalue weighted by Crippen LogP contribution is -2.23. The number of nitrogens with one attached hydrogen (secondary N) is 1. The minimum Gasteiger partial charge on any atom is -0.339 e. The Bertz CT molecular complexity index is 1230. The monoisotopic (exact) mass is 388 g/mol. The average Bonchev–Trinajstić information content (AvgIpc) is 3.55. The van der Waals surface area contributed by atoms with Crippen molar-refractivity contribution in [3.05, 3.63) is 88.1 Å². The van der Waals surface area contributed by atoms with Gasteiger partial charge in [0.1, 0.15) is 5.82 Å². The van der Waals surface area contributed by atoms with Gasteiger partial charge in [-0.3, -0.25) is 9.55 Å². The molecule has 1 aliphatic rings. The van der Waals surface area contributed by atoms with Crippen LogP contribution in [0.2, 0.25) is 5.02 Å². The number of para-hydroxylation sites is 1. The summed E-state index contributed by atoms with van der Waals surface area (Å²) in [4.78, 5) is 21.4. The molecule has 0 saturated heterocycles. The van der Waals surface area contributed by atoms with Crippen molar-refractivity contribution in [2.45, 2.75) is 18.8 Å². The first-order valence-electron chi connectivity index (χ1n) is 9.19. The highest BCUT2D eigenvalue weighted by atomic mass is 35.5. The minimum atomic E-state index is -0.370. The molecule has 6 heteroatoms. The molecule has 0 spiro atoms. The summed E-state index contributed by atoms with van der Waals surface area (Å²) >= 11 is 6.41. The number of rotatable bonds is 4. The lowest BCUT2D eigenvalue weighted by Gasteiger charge is -2.15. The number of pyridine rings is 1. The first-order valence-corrected chi connectivity index (χ1v) is 9.57. The van der Waals surface area contributed by atoms with Gasteiger partial charge in [0.25, 0.3) is 0 Å². The van der Waals surface area contributed by atoms with Gasteiger partial charge in [0.15, 0.2) is 0 Å². The predicted molar refractivity (Wildman–Crippen MR) is 112 cm³/mol. The molecule has 28 heavy (non-hydrogen) atoms. The van der Waals surface area contributed by atoms with E-state index in [9.17, 15) is 4.79 Å². The van der Waals surface area contributed by atoms with Crippen molar-refractivity contribution in [3.8, 4) is 5.69 Å². The highest BCUT2D eigenvalue weighted by Crippen LogP contribution is 2.41. The molecule has 5 nitrogen and oxygen atoms in total. The maximum atomic E-state index is 13.0. The molecule has 2 aromatic carbocycles. The van der Waals surface area contributed by atoms with Gasteiger partial charge < -0.3 is 5.32 Å². The Balaban J connectivity index is 1.77. The number of hydrogen-bond acceptors (Lipinski definition) is 4. The van der Waals surface area contributed by atoms with Crippen molar-refractivity contribution in [1.29, 1.82) is 0 Å². The summed E-state index contributed by atoms with van der Waals surface area (Å²) in [5.74, 6) is 1.10. The highest BCUT2D eigenvalue weighted by molar-refractivity contribution is 6.32. The van der Waals surface area contributed by atoms with Crippen LogP contribution in [0.25, 0.3) is 16.6 Å². The van der Waals surface area contributed by atoms with Gasteiger partial charge in [-0.15, -0.1) is 0 Å². The fourth-order valence-corrected chi connectivity index (χ4v) is 3.67. The van der Waals surface area contributed by atoms with Gasteiger partial charge in [0.05, 0.1) is 16.2 Å². The zero-order valence-corrected chi connectivity index (χ0v) is 15.7. The minimum absolute atomic E-state index is 0.370. The molecule has 0 amide bonds. The molecule has 0 bridgehead atoms. The van der Waals surface area contributed by atoms with Crippen LogP contribution in [0.15, 0.2) is 71.8 Å². The molecule has 2 aromatic heterocycles.